The van der Waals surface area contributed by atoms with Gasteiger partial charge in [-0.05, 0) is 86.6 Å². The lowest BCUT2D eigenvalue weighted by Crippen LogP contribution is -2.39. The van der Waals surface area contributed by atoms with Gasteiger partial charge in [0.2, 0.25) is 11.9 Å². The summed E-state index contributed by atoms with van der Waals surface area (Å²) < 4.78 is 0. The normalized spacial score (nSPS) is 22.2. The molecule has 0 aliphatic heterocycles. The molecule has 3 aliphatic carbocycles. The summed E-state index contributed by atoms with van der Waals surface area (Å²) in [6.07, 6.45) is 13.2. The quantitative estimate of drug-likeness (QED) is 0.396. The highest BCUT2D eigenvalue weighted by Crippen LogP contribution is 2.35. The van der Waals surface area contributed by atoms with Crippen LogP contribution in [0.25, 0.3) is 0 Å². The number of fused-ring (bicyclic) bond motifs is 1. The van der Waals surface area contributed by atoms with Crippen molar-refractivity contribution in [2.24, 2.45) is 5.92 Å². The number of carbonyl (C=O) groups excluding carboxylic acids is 1. The molecule has 41 heavy (non-hydrogen) atoms. The predicted octanol–water partition coefficient (Wildman–Crippen LogP) is 5.17. The zero-order valence-electron chi connectivity index (χ0n) is 24.1. The largest absolute Gasteiger partial charge is 0.353 e. The van der Waals surface area contributed by atoms with E-state index in [0.29, 0.717) is 29.9 Å². The first-order chi connectivity index (χ1) is 20.0. The third kappa shape index (κ3) is 6.07. The first-order valence-corrected chi connectivity index (χ1v) is 15.1. The predicted molar refractivity (Wildman–Crippen MR) is 159 cm³/mol. The summed E-state index contributed by atoms with van der Waals surface area (Å²) in [6.45, 7) is 0. The Morgan fingerprint density at radius 1 is 1.02 bits per heavy atom. The zero-order valence-corrected chi connectivity index (χ0v) is 24.1. The molecule has 1 aromatic carbocycles. The second kappa shape index (κ2) is 11.9. The van der Waals surface area contributed by atoms with Crippen LogP contribution in [0.1, 0.15) is 86.1 Å². The van der Waals surface area contributed by atoms with Gasteiger partial charge >= 0.3 is 0 Å². The highest BCUT2D eigenvalue weighted by atomic mass is 16.1. The molecule has 6 rings (SSSR count). The summed E-state index contributed by atoms with van der Waals surface area (Å²) >= 11 is 0. The SMILES string of the molecule is CN(c1cc(C2CCCC2)[nH]n1)c1ccnc(N(C)C2CCC(CC(=O)NC3Cc4ccc(C#N)cc4C3)CC2)n1. The van der Waals surface area contributed by atoms with Gasteiger partial charge in [-0.2, -0.15) is 15.3 Å². The van der Waals surface area contributed by atoms with E-state index in [1.54, 1.807) is 0 Å². The number of carbonyl (C=O) groups is 1. The second-order valence-corrected chi connectivity index (χ2v) is 12.2. The zero-order chi connectivity index (χ0) is 28.3. The van der Waals surface area contributed by atoms with Crippen LogP contribution in [0.5, 0.6) is 0 Å². The number of aromatic amines is 1. The molecule has 2 aromatic heterocycles. The molecule has 0 saturated heterocycles. The molecule has 2 N–H and O–H groups in total. The smallest absolute Gasteiger partial charge is 0.227 e. The van der Waals surface area contributed by atoms with Crippen molar-refractivity contribution in [3.63, 3.8) is 0 Å². The van der Waals surface area contributed by atoms with Crippen LogP contribution >= 0.6 is 0 Å². The van der Waals surface area contributed by atoms with Gasteiger partial charge in [0.15, 0.2) is 5.82 Å². The number of amides is 1. The van der Waals surface area contributed by atoms with Crippen LogP contribution in [0.2, 0.25) is 0 Å². The lowest BCUT2D eigenvalue weighted by Gasteiger charge is -2.35. The van der Waals surface area contributed by atoms with Gasteiger partial charge in [0.1, 0.15) is 5.82 Å². The summed E-state index contributed by atoms with van der Waals surface area (Å²) in [5.74, 6) is 3.58. The Labute approximate surface area is 242 Å². The standard InChI is InChI=1S/C32H40N8O/c1-39(32-34-14-13-29(36-32)40(2)30-19-28(37-38-30)23-5-3-4-6-23)27-11-8-21(9-12-27)16-31(41)35-26-17-24-10-7-22(20-33)15-25(24)18-26/h7,10,13-15,19,21,23,26-27H,3-6,8-9,11-12,16-18H2,1-2H3,(H,35,41)(H,37,38). The van der Waals surface area contributed by atoms with E-state index in [1.165, 1.54) is 42.5 Å². The number of nitrogens with zero attached hydrogens (tertiary/aromatic N) is 6. The first-order valence-electron chi connectivity index (χ1n) is 15.1. The Bertz CT molecular complexity index is 1410. The molecular formula is C32H40N8O. The Hall–Kier alpha value is -3.93. The van der Waals surface area contributed by atoms with E-state index in [-0.39, 0.29) is 11.9 Å². The van der Waals surface area contributed by atoms with Crippen molar-refractivity contribution in [3.8, 4) is 6.07 Å². The summed E-state index contributed by atoms with van der Waals surface area (Å²) in [4.78, 5) is 26.6. The molecule has 0 spiro atoms. The van der Waals surface area contributed by atoms with E-state index in [9.17, 15) is 4.79 Å². The Morgan fingerprint density at radius 3 is 2.59 bits per heavy atom. The van der Waals surface area contributed by atoms with Crippen molar-refractivity contribution in [1.29, 1.82) is 5.26 Å². The number of nitriles is 1. The number of H-pyrrole nitrogens is 1. The van der Waals surface area contributed by atoms with Gasteiger partial charge in [-0.3, -0.25) is 9.89 Å². The Kier molecular flexibility index (Phi) is 7.91. The van der Waals surface area contributed by atoms with Gasteiger partial charge in [0.05, 0.1) is 11.6 Å². The average Bonchev–Trinajstić information content (AvgIpc) is 3.77. The molecule has 2 heterocycles. The maximum Gasteiger partial charge on any atom is 0.227 e. The second-order valence-electron chi connectivity index (χ2n) is 12.2. The molecule has 1 amide bonds. The number of aromatic nitrogens is 4. The maximum absolute atomic E-state index is 12.9. The van der Waals surface area contributed by atoms with Crippen molar-refractivity contribution in [1.82, 2.24) is 25.5 Å². The number of benzene rings is 1. The van der Waals surface area contributed by atoms with Crippen LogP contribution in [0, 0.1) is 17.2 Å². The molecule has 1 atom stereocenters. The van der Waals surface area contributed by atoms with Gasteiger partial charge in [-0.15, -0.1) is 0 Å². The molecule has 9 nitrogen and oxygen atoms in total. The molecule has 1 unspecified atom stereocenters. The average molecular weight is 553 g/mol. The molecule has 3 aromatic rings. The monoisotopic (exact) mass is 552 g/mol. The number of nitrogens with one attached hydrogen (secondary N) is 2. The molecule has 2 saturated carbocycles. The molecule has 3 aliphatic rings. The highest BCUT2D eigenvalue weighted by molar-refractivity contribution is 5.76. The maximum atomic E-state index is 12.9. The van der Waals surface area contributed by atoms with Crippen molar-refractivity contribution in [3.05, 3.63) is 58.9 Å². The van der Waals surface area contributed by atoms with Crippen LogP contribution in [0.4, 0.5) is 17.6 Å². The summed E-state index contributed by atoms with van der Waals surface area (Å²) in [6, 6.07) is 12.6. The van der Waals surface area contributed by atoms with Gasteiger partial charge in [-0.25, -0.2) is 4.98 Å². The van der Waals surface area contributed by atoms with Gasteiger partial charge < -0.3 is 15.1 Å². The Morgan fingerprint density at radius 2 is 1.80 bits per heavy atom. The summed E-state index contributed by atoms with van der Waals surface area (Å²) in [5.41, 5.74) is 4.35. The summed E-state index contributed by atoms with van der Waals surface area (Å²) in [5, 5.41) is 20.2. The van der Waals surface area contributed by atoms with Crippen molar-refractivity contribution >= 4 is 23.5 Å². The molecule has 2 fully saturated rings. The van der Waals surface area contributed by atoms with Crippen LogP contribution in [-0.4, -0.2) is 52.3 Å². The molecular weight excluding hydrogens is 512 g/mol. The van der Waals surface area contributed by atoms with E-state index in [2.05, 4.69) is 44.6 Å². The van der Waals surface area contributed by atoms with Gasteiger partial charge in [-0.1, -0.05) is 18.9 Å². The van der Waals surface area contributed by atoms with E-state index in [0.717, 1.165) is 56.1 Å². The molecule has 0 bridgehead atoms. The first kappa shape index (κ1) is 27.3. The summed E-state index contributed by atoms with van der Waals surface area (Å²) in [7, 11) is 4.09. The van der Waals surface area contributed by atoms with Crippen molar-refractivity contribution < 1.29 is 4.79 Å². The third-order valence-corrected chi connectivity index (χ3v) is 9.48. The number of rotatable bonds is 8. The van der Waals surface area contributed by atoms with E-state index in [4.69, 9.17) is 10.2 Å². The fourth-order valence-corrected chi connectivity index (χ4v) is 6.99. The van der Waals surface area contributed by atoms with E-state index in [1.807, 2.05) is 42.4 Å². The lowest BCUT2D eigenvalue weighted by molar-refractivity contribution is -0.122. The number of anilines is 3. The van der Waals surface area contributed by atoms with E-state index < -0.39 is 0 Å². The van der Waals surface area contributed by atoms with Crippen LogP contribution in [0.3, 0.4) is 0 Å². The van der Waals surface area contributed by atoms with Crippen molar-refractivity contribution in [2.75, 3.05) is 23.9 Å². The van der Waals surface area contributed by atoms with Crippen LogP contribution in [0.15, 0.2) is 36.5 Å². The number of hydrogen-bond donors (Lipinski definition) is 2. The molecule has 0 radical (unpaired) electrons. The number of hydrogen-bond acceptors (Lipinski definition) is 7. The van der Waals surface area contributed by atoms with Crippen molar-refractivity contribution in [2.45, 2.75) is 88.6 Å². The van der Waals surface area contributed by atoms with E-state index >= 15 is 0 Å². The molecule has 9 heteroatoms. The Balaban J connectivity index is 0.989. The fourth-order valence-electron chi connectivity index (χ4n) is 6.99. The van der Waals surface area contributed by atoms with Crippen LogP contribution in [-0.2, 0) is 17.6 Å². The third-order valence-electron chi connectivity index (χ3n) is 9.48. The van der Waals surface area contributed by atoms with Crippen LogP contribution < -0.4 is 15.1 Å². The van der Waals surface area contributed by atoms with Gasteiger partial charge in [0, 0.05) is 56.5 Å². The lowest BCUT2D eigenvalue weighted by atomic mass is 9.83. The minimum atomic E-state index is 0.132. The topological polar surface area (TPSA) is 114 Å². The molecule has 214 valence electrons. The van der Waals surface area contributed by atoms with Gasteiger partial charge in [0.25, 0.3) is 0 Å². The minimum Gasteiger partial charge on any atom is -0.353 e. The highest BCUT2D eigenvalue weighted by Gasteiger charge is 2.29. The fraction of sp³-hybridized carbons (Fsp3) is 0.531. The minimum absolute atomic E-state index is 0.132.